The molecule has 0 fully saturated rings. The first kappa shape index (κ1) is 12.7. The summed E-state index contributed by atoms with van der Waals surface area (Å²) in [7, 11) is 0. The Morgan fingerprint density at radius 3 is 2.82 bits per heavy atom. The summed E-state index contributed by atoms with van der Waals surface area (Å²) in [4.78, 5) is 13.1. The first-order chi connectivity index (χ1) is 10.8. The van der Waals surface area contributed by atoms with Crippen LogP contribution in [0.2, 0.25) is 0 Å². The van der Waals surface area contributed by atoms with E-state index in [-0.39, 0.29) is 0 Å². The van der Waals surface area contributed by atoms with Gasteiger partial charge in [-0.3, -0.25) is 4.98 Å². The van der Waals surface area contributed by atoms with Crippen LogP contribution in [0, 0.1) is 6.92 Å². The third kappa shape index (κ3) is 2.14. The van der Waals surface area contributed by atoms with Gasteiger partial charge in [0.15, 0.2) is 5.82 Å². The molecule has 0 saturated carbocycles. The van der Waals surface area contributed by atoms with E-state index in [1.165, 1.54) is 5.56 Å². The van der Waals surface area contributed by atoms with E-state index in [1.807, 2.05) is 36.0 Å². The van der Waals surface area contributed by atoms with Crippen LogP contribution in [0.25, 0.3) is 17.0 Å². The summed E-state index contributed by atoms with van der Waals surface area (Å²) in [5, 5.41) is 4.27. The van der Waals surface area contributed by atoms with Gasteiger partial charge in [0.1, 0.15) is 5.69 Å². The molecule has 4 rings (SSSR count). The number of pyridine rings is 1. The Hall–Kier alpha value is -3.02. The van der Waals surface area contributed by atoms with Gasteiger partial charge in [0.25, 0.3) is 0 Å². The molecular weight excluding hydrogens is 276 g/mol. The Kier molecular flexibility index (Phi) is 2.93. The molecule has 22 heavy (non-hydrogen) atoms. The zero-order valence-electron chi connectivity index (χ0n) is 12.1. The number of aromatic nitrogens is 6. The molecule has 0 unspecified atom stereocenters. The van der Waals surface area contributed by atoms with Crippen LogP contribution in [0.3, 0.4) is 0 Å². The van der Waals surface area contributed by atoms with Crippen LogP contribution >= 0.6 is 0 Å². The largest absolute Gasteiger partial charge is 0.325 e. The van der Waals surface area contributed by atoms with Crippen molar-refractivity contribution in [1.29, 1.82) is 0 Å². The Labute approximate surface area is 127 Å². The third-order valence-electron chi connectivity index (χ3n) is 3.59. The molecule has 6 nitrogen and oxygen atoms in total. The molecular formula is C16H14N6. The fraction of sp³-hybridized carbons (Fsp3) is 0.125. The molecule has 0 aliphatic carbocycles. The maximum absolute atomic E-state index is 4.42. The van der Waals surface area contributed by atoms with Gasteiger partial charge >= 0.3 is 0 Å². The molecule has 0 spiro atoms. The van der Waals surface area contributed by atoms with Crippen LogP contribution in [-0.4, -0.2) is 29.1 Å². The highest BCUT2D eigenvalue weighted by molar-refractivity contribution is 5.55. The van der Waals surface area contributed by atoms with Crippen molar-refractivity contribution >= 4 is 5.52 Å². The minimum Gasteiger partial charge on any atom is -0.325 e. The molecule has 6 heteroatoms. The third-order valence-corrected chi connectivity index (χ3v) is 3.59. The van der Waals surface area contributed by atoms with Crippen molar-refractivity contribution in [3.05, 3.63) is 66.6 Å². The number of nitrogens with zero attached hydrogens (tertiary/aromatic N) is 6. The van der Waals surface area contributed by atoms with Gasteiger partial charge < -0.3 is 4.57 Å². The number of hydrogen-bond acceptors (Lipinski definition) is 4. The van der Waals surface area contributed by atoms with Crippen LogP contribution in [0.5, 0.6) is 0 Å². The molecule has 0 N–H and O–H groups in total. The van der Waals surface area contributed by atoms with Crippen molar-refractivity contribution in [2.45, 2.75) is 13.5 Å². The van der Waals surface area contributed by atoms with Gasteiger partial charge in [0.05, 0.1) is 24.0 Å². The number of aryl methyl sites for hydroxylation is 1. The topological polar surface area (TPSA) is 60.9 Å². The first-order valence-electron chi connectivity index (χ1n) is 7.03. The zero-order chi connectivity index (χ0) is 14.9. The van der Waals surface area contributed by atoms with Gasteiger partial charge in [0.2, 0.25) is 0 Å². The lowest BCUT2D eigenvalue weighted by atomic mass is 10.2. The van der Waals surface area contributed by atoms with Crippen molar-refractivity contribution in [1.82, 2.24) is 29.1 Å². The lowest BCUT2D eigenvalue weighted by Crippen LogP contribution is -2.04. The fourth-order valence-corrected chi connectivity index (χ4v) is 2.51. The lowest BCUT2D eigenvalue weighted by Gasteiger charge is -2.09. The number of fused-ring (bicyclic) bond motifs is 1. The van der Waals surface area contributed by atoms with E-state index in [0.29, 0.717) is 6.54 Å². The van der Waals surface area contributed by atoms with Crippen molar-refractivity contribution < 1.29 is 0 Å². The predicted molar refractivity (Wildman–Crippen MR) is 82.3 cm³/mol. The highest BCUT2D eigenvalue weighted by Crippen LogP contribution is 2.18. The molecule has 0 atom stereocenters. The molecule has 4 heterocycles. The molecule has 4 aromatic rings. The van der Waals surface area contributed by atoms with Gasteiger partial charge in [-0.1, -0.05) is 6.07 Å². The molecule has 0 amide bonds. The summed E-state index contributed by atoms with van der Waals surface area (Å²) in [5.41, 5.74) is 3.94. The van der Waals surface area contributed by atoms with Crippen molar-refractivity contribution in [2.24, 2.45) is 0 Å². The molecule has 0 radical (unpaired) electrons. The molecule has 4 aromatic heterocycles. The van der Waals surface area contributed by atoms with E-state index >= 15 is 0 Å². The second-order valence-electron chi connectivity index (χ2n) is 5.12. The molecule has 0 bridgehead atoms. The molecule has 108 valence electrons. The summed E-state index contributed by atoms with van der Waals surface area (Å²) in [6.07, 6.45) is 11.0. The Balaban J connectivity index is 1.74. The van der Waals surface area contributed by atoms with E-state index < -0.39 is 0 Å². The minimum absolute atomic E-state index is 0.709. The quantitative estimate of drug-likeness (QED) is 0.581. The second kappa shape index (κ2) is 5.07. The van der Waals surface area contributed by atoms with E-state index in [4.69, 9.17) is 0 Å². The monoisotopic (exact) mass is 290 g/mol. The Morgan fingerprint density at radius 1 is 1.00 bits per heavy atom. The van der Waals surface area contributed by atoms with Crippen LogP contribution < -0.4 is 0 Å². The van der Waals surface area contributed by atoms with E-state index in [9.17, 15) is 0 Å². The Morgan fingerprint density at radius 2 is 1.95 bits per heavy atom. The van der Waals surface area contributed by atoms with Crippen LogP contribution in [-0.2, 0) is 6.54 Å². The fourth-order valence-electron chi connectivity index (χ4n) is 2.51. The highest BCUT2D eigenvalue weighted by Gasteiger charge is 2.10. The number of hydrogen-bond donors (Lipinski definition) is 0. The van der Waals surface area contributed by atoms with Crippen molar-refractivity contribution in [3.8, 4) is 11.5 Å². The average Bonchev–Trinajstić information content (AvgIpc) is 3.17. The normalized spacial score (nSPS) is 11.1. The zero-order valence-corrected chi connectivity index (χ0v) is 12.1. The van der Waals surface area contributed by atoms with Crippen molar-refractivity contribution in [2.75, 3.05) is 0 Å². The summed E-state index contributed by atoms with van der Waals surface area (Å²) in [6.45, 7) is 2.63. The van der Waals surface area contributed by atoms with Crippen molar-refractivity contribution in [3.63, 3.8) is 0 Å². The maximum Gasteiger partial charge on any atom is 0.160 e. The smallest absolute Gasteiger partial charge is 0.160 e. The van der Waals surface area contributed by atoms with E-state index in [0.717, 1.165) is 22.7 Å². The van der Waals surface area contributed by atoms with E-state index in [1.54, 1.807) is 24.8 Å². The summed E-state index contributed by atoms with van der Waals surface area (Å²) in [5.74, 6) is 0.814. The molecule has 0 aromatic carbocycles. The second-order valence-corrected chi connectivity index (χ2v) is 5.12. The van der Waals surface area contributed by atoms with E-state index in [2.05, 4.69) is 30.7 Å². The van der Waals surface area contributed by atoms with Gasteiger partial charge in [0, 0.05) is 31.0 Å². The van der Waals surface area contributed by atoms with Crippen LogP contribution in [0.15, 0.2) is 55.4 Å². The standard InChI is InChI=1S/C16H14N6/c1-12-9-19-14(10-18-12)16-17-6-8-21(16)11-13-3-2-7-22-15(13)4-5-20-22/h2-10H,11H2,1H3. The molecule has 0 aliphatic rings. The van der Waals surface area contributed by atoms with Crippen LogP contribution in [0.4, 0.5) is 0 Å². The molecule has 0 aliphatic heterocycles. The lowest BCUT2D eigenvalue weighted by molar-refractivity contribution is 0.799. The Bertz CT molecular complexity index is 919. The van der Waals surface area contributed by atoms with Crippen LogP contribution in [0.1, 0.15) is 11.3 Å². The molecule has 0 saturated heterocycles. The number of rotatable bonds is 3. The SMILES string of the molecule is Cc1cnc(-c2nccn2Cc2cccn3nccc23)cn1. The average molecular weight is 290 g/mol. The van der Waals surface area contributed by atoms with Gasteiger partial charge in [-0.25, -0.2) is 14.5 Å². The highest BCUT2D eigenvalue weighted by atomic mass is 15.2. The maximum atomic E-state index is 4.42. The summed E-state index contributed by atoms with van der Waals surface area (Å²) in [6, 6.07) is 6.11. The summed E-state index contributed by atoms with van der Waals surface area (Å²) >= 11 is 0. The first-order valence-corrected chi connectivity index (χ1v) is 7.03. The van der Waals surface area contributed by atoms with Gasteiger partial charge in [-0.2, -0.15) is 5.10 Å². The van der Waals surface area contributed by atoms with Gasteiger partial charge in [-0.05, 0) is 24.6 Å². The number of imidazole rings is 1. The summed E-state index contributed by atoms with van der Waals surface area (Å²) < 4.78 is 3.94. The predicted octanol–water partition coefficient (Wildman–Crippen LogP) is 2.34. The van der Waals surface area contributed by atoms with Gasteiger partial charge in [-0.15, -0.1) is 0 Å². The minimum atomic E-state index is 0.709.